The molecule has 23 heavy (non-hydrogen) atoms. The second kappa shape index (κ2) is 7.30. The highest BCUT2D eigenvalue weighted by Gasteiger charge is 2.15. The summed E-state index contributed by atoms with van der Waals surface area (Å²) in [6, 6.07) is 12.7. The van der Waals surface area contributed by atoms with E-state index in [2.05, 4.69) is 66.5 Å². The molecule has 4 heteroatoms. The van der Waals surface area contributed by atoms with Gasteiger partial charge in [0.2, 0.25) is 0 Å². The molecule has 0 bridgehead atoms. The van der Waals surface area contributed by atoms with Crippen LogP contribution < -0.4 is 0 Å². The molecule has 2 aromatic heterocycles. The second-order valence-electron chi connectivity index (χ2n) is 6.23. The highest BCUT2D eigenvalue weighted by Crippen LogP contribution is 2.27. The van der Waals surface area contributed by atoms with E-state index >= 15 is 0 Å². The van der Waals surface area contributed by atoms with E-state index in [-0.39, 0.29) is 0 Å². The molecule has 3 nitrogen and oxygen atoms in total. The van der Waals surface area contributed by atoms with Crippen molar-refractivity contribution in [1.82, 2.24) is 9.80 Å². The maximum atomic E-state index is 5.93. The molecule has 0 fully saturated rings. The van der Waals surface area contributed by atoms with Gasteiger partial charge in [0.25, 0.3) is 0 Å². The van der Waals surface area contributed by atoms with Gasteiger partial charge in [0.1, 0.15) is 11.3 Å². The van der Waals surface area contributed by atoms with Gasteiger partial charge in [-0.15, -0.1) is 11.3 Å². The summed E-state index contributed by atoms with van der Waals surface area (Å²) in [6.07, 6.45) is 0. The molecule has 3 rings (SSSR count). The Bertz CT molecular complexity index is 746. The Morgan fingerprint density at radius 3 is 2.57 bits per heavy atom. The minimum atomic E-state index is 0.925. The van der Waals surface area contributed by atoms with Gasteiger partial charge in [0.15, 0.2) is 0 Å². The minimum Gasteiger partial charge on any atom is -0.461 e. The summed E-state index contributed by atoms with van der Waals surface area (Å²) < 4.78 is 5.93. The number of para-hydroxylation sites is 1. The van der Waals surface area contributed by atoms with E-state index in [4.69, 9.17) is 4.42 Å². The van der Waals surface area contributed by atoms with Crippen LogP contribution in [0.25, 0.3) is 11.0 Å². The van der Waals surface area contributed by atoms with Crippen LogP contribution in [0.4, 0.5) is 0 Å². The Morgan fingerprint density at radius 2 is 1.83 bits per heavy atom. The van der Waals surface area contributed by atoms with E-state index in [9.17, 15) is 0 Å². The first kappa shape index (κ1) is 16.2. The fraction of sp³-hybridized carbons (Fsp3) is 0.368. The summed E-state index contributed by atoms with van der Waals surface area (Å²) in [6.45, 7) is 6.09. The molecule has 122 valence electrons. The number of furan rings is 1. The number of fused-ring (bicyclic) bond motifs is 1. The van der Waals surface area contributed by atoms with Gasteiger partial charge < -0.3 is 9.32 Å². The predicted molar refractivity (Wildman–Crippen MR) is 97.9 cm³/mol. The summed E-state index contributed by atoms with van der Waals surface area (Å²) in [5.41, 5.74) is 2.31. The van der Waals surface area contributed by atoms with Crippen molar-refractivity contribution in [3.8, 4) is 0 Å². The Labute approximate surface area is 142 Å². The zero-order chi connectivity index (χ0) is 16.2. The number of aryl methyl sites for hydroxylation is 1. The average Bonchev–Trinajstić information content (AvgIpc) is 3.13. The third-order valence-electron chi connectivity index (χ3n) is 4.10. The molecular formula is C19H24N2OS. The Morgan fingerprint density at radius 1 is 1.00 bits per heavy atom. The summed E-state index contributed by atoms with van der Waals surface area (Å²) in [5, 5.41) is 3.39. The number of benzene rings is 1. The van der Waals surface area contributed by atoms with Crippen molar-refractivity contribution in [2.75, 3.05) is 27.2 Å². The second-order valence-corrected chi connectivity index (χ2v) is 7.26. The molecule has 0 atom stereocenters. The summed E-state index contributed by atoms with van der Waals surface area (Å²) in [5.74, 6) is 1.03. The van der Waals surface area contributed by atoms with Gasteiger partial charge in [0.05, 0.1) is 0 Å². The molecule has 0 N–H and O–H groups in total. The molecule has 0 unspecified atom stereocenters. The Hall–Kier alpha value is -1.62. The standard InChI is InChI=1S/C19H24N2OS/c1-15-18(17-8-4-5-9-19(17)22-15)14-21(11-10-20(2)3)13-16-7-6-12-23-16/h4-9,12H,10-11,13-14H2,1-3H3. The number of hydrogen-bond donors (Lipinski definition) is 0. The zero-order valence-electron chi connectivity index (χ0n) is 14.1. The van der Waals surface area contributed by atoms with Crippen LogP contribution in [-0.4, -0.2) is 37.0 Å². The van der Waals surface area contributed by atoms with E-state index in [0.29, 0.717) is 0 Å². The van der Waals surface area contributed by atoms with Gasteiger partial charge in [-0.1, -0.05) is 24.3 Å². The summed E-state index contributed by atoms with van der Waals surface area (Å²) in [4.78, 5) is 6.16. The Balaban J connectivity index is 1.82. The molecule has 0 amide bonds. The molecule has 0 aliphatic heterocycles. The highest BCUT2D eigenvalue weighted by atomic mass is 32.1. The molecule has 3 aromatic rings. The maximum absolute atomic E-state index is 5.93. The van der Waals surface area contributed by atoms with Gasteiger partial charge in [-0.25, -0.2) is 0 Å². The van der Waals surface area contributed by atoms with Gasteiger partial charge >= 0.3 is 0 Å². The fourth-order valence-corrected chi connectivity index (χ4v) is 3.57. The lowest BCUT2D eigenvalue weighted by atomic mass is 10.1. The number of likely N-dealkylation sites (N-methyl/N-ethyl adjacent to an activating group) is 1. The van der Waals surface area contributed by atoms with Crippen LogP contribution >= 0.6 is 11.3 Å². The summed E-state index contributed by atoms with van der Waals surface area (Å²) >= 11 is 1.83. The molecule has 0 aliphatic rings. The Kier molecular flexibility index (Phi) is 5.16. The zero-order valence-corrected chi connectivity index (χ0v) is 14.9. The predicted octanol–water partition coefficient (Wildman–Crippen LogP) is 4.37. The third kappa shape index (κ3) is 4.02. The molecule has 0 spiro atoms. The lowest BCUT2D eigenvalue weighted by Gasteiger charge is -2.23. The first-order valence-corrected chi connectivity index (χ1v) is 8.88. The quantitative estimate of drug-likeness (QED) is 0.642. The van der Waals surface area contributed by atoms with Crippen molar-refractivity contribution in [3.05, 3.63) is 58.0 Å². The summed E-state index contributed by atoms with van der Waals surface area (Å²) in [7, 11) is 4.25. The van der Waals surface area contributed by atoms with Crippen LogP contribution in [0.15, 0.2) is 46.2 Å². The normalized spacial score (nSPS) is 11.9. The van der Waals surface area contributed by atoms with Crippen LogP contribution in [0.2, 0.25) is 0 Å². The third-order valence-corrected chi connectivity index (χ3v) is 4.97. The van der Waals surface area contributed by atoms with Crippen molar-refractivity contribution in [2.45, 2.75) is 20.0 Å². The van der Waals surface area contributed by atoms with Crippen LogP contribution in [0, 0.1) is 6.92 Å². The molecule has 0 saturated heterocycles. The average molecular weight is 328 g/mol. The molecular weight excluding hydrogens is 304 g/mol. The number of nitrogens with zero attached hydrogens (tertiary/aromatic N) is 2. The van der Waals surface area contributed by atoms with Gasteiger partial charge in [-0.05, 0) is 38.5 Å². The van der Waals surface area contributed by atoms with Crippen LogP contribution in [0.3, 0.4) is 0 Å². The van der Waals surface area contributed by atoms with Gasteiger partial charge in [-0.2, -0.15) is 0 Å². The molecule has 1 aromatic carbocycles. The lowest BCUT2D eigenvalue weighted by Crippen LogP contribution is -2.31. The minimum absolute atomic E-state index is 0.925. The number of hydrogen-bond acceptors (Lipinski definition) is 4. The van der Waals surface area contributed by atoms with E-state index in [0.717, 1.165) is 37.5 Å². The molecule has 0 aliphatic carbocycles. The van der Waals surface area contributed by atoms with E-state index in [1.807, 2.05) is 17.4 Å². The maximum Gasteiger partial charge on any atom is 0.134 e. The van der Waals surface area contributed by atoms with Crippen LogP contribution in [0.1, 0.15) is 16.2 Å². The first-order valence-electron chi connectivity index (χ1n) is 8.00. The molecule has 2 heterocycles. The highest BCUT2D eigenvalue weighted by molar-refractivity contribution is 7.09. The van der Waals surface area contributed by atoms with Crippen molar-refractivity contribution < 1.29 is 4.42 Å². The van der Waals surface area contributed by atoms with Crippen LogP contribution in [-0.2, 0) is 13.1 Å². The van der Waals surface area contributed by atoms with Crippen molar-refractivity contribution in [1.29, 1.82) is 0 Å². The molecule has 0 saturated carbocycles. The van der Waals surface area contributed by atoms with Gasteiger partial charge in [-0.3, -0.25) is 4.90 Å². The number of rotatable bonds is 7. The monoisotopic (exact) mass is 328 g/mol. The topological polar surface area (TPSA) is 19.6 Å². The van der Waals surface area contributed by atoms with Crippen molar-refractivity contribution in [2.24, 2.45) is 0 Å². The lowest BCUT2D eigenvalue weighted by molar-refractivity contribution is 0.227. The van der Waals surface area contributed by atoms with Crippen molar-refractivity contribution in [3.63, 3.8) is 0 Å². The van der Waals surface area contributed by atoms with E-state index in [1.165, 1.54) is 15.8 Å². The fourth-order valence-electron chi connectivity index (χ4n) is 2.82. The smallest absolute Gasteiger partial charge is 0.134 e. The van der Waals surface area contributed by atoms with Gasteiger partial charge in [0, 0.05) is 42.0 Å². The van der Waals surface area contributed by atoms with E-state index < -0.39 is 0 Å². The van der Waals surface area contributed by atoms with E-state index in [1.54, 1.807) is 0 Å². The first-order chi connectivity index (χ1) is 11.1. The SMILES string of the molecule is Cc1oc2ccccc2c1CN(CCN(C)C)Cc1cccs1. The molecule has 0 radical (unpaired) electrons. The number of thiophene rings is 1. The van der Waals surface area contributed by atoms with Crippen LogP contribution in [0.5, 0.6) is 0 Å². The largest absolute Gasteiger partial charge is 0.461 e. The van der Waals surface area contributed by atoms with Crippen molar-refractivity contribution >= 4 is 22.3 Å².